The Morgan fingerprint density at radius 2 is 1.69 bits per heavy atom. The van der Waals surface area contributed by atoms with E-state index in [1.807, 2.05) is 49.3 Å². The van der Waals surface area contributed by atoms with Gasteiger partial charge in [-0.25, -0.2) is 15.0 Å². The molecule has 4 bridgehead atoms. The number of Topliss-reactive ketones (excluding diaryl/α,β-unsaturated/α-hetero) is 2. The Kier molecular flexibility index (Phi) is 10.5. The average molecular weight is 804 g/mol. The first-order valence-corrected chi connectivity index (χ1v) is 20.3. The van der Waals surface area contributed by atoms with Gasteiger partial charge in [-0.1, -0.05) is 49.6 Å². The fraction of sp³-hybridized carbons (Fsp3) is 0.432. The summed E-state index contributed by atoms with van der Waals surface area (Å²) in [5.41, 5.74) is 7.73. The standard InChI is InChI=1S/C44H47BrN6O4/c1-27-14-15-40(45)48-36(27)19-38(53)37-20-44-21-39(44)51(37)41(54)24-50-43-32(13-8-6-4-5-7-10-30-11-9-12-31(16-30)25-55-26-44)17-33(34-22-46-29(3)47-23-34)18-35(43)42(49-50)28(2)52/h9,11-12,14-18,22-23,37,39H,4-8,10,13,19-21,24-26H2,1-3H3/t37-,39+,44-/m0/s1. The minimum Gasteiger partial charge on any atom is -0.376 e. The predicted molar refractivity (Wildman–Crippen MR) is 214 cm³/mol. The molecule has 55 heavy (non-hydrogen) atoms. The summed E-state index contributed by atoms with van der Waals surface area (Å²) in [5.74, 6) is 0.302. The number of hydrogen-bond acceptors (Lipinski definition) is 8. The van der Waals surface area contributed by atoms with Gasteiger partial charge in [-0.05, 0) is 114 Å². The van der Waals surface area contributed by atoms with Crippen molar-refractivity contribution >= 4 is 44.3 Å². The molecular formula is C44H47BrN6O4. The van der Waals surface area contributed by atoms with Crippen molar-refractivity contribution < 1.29 is 19.1 Å². The summed E-state index contributed by atoms with van der Waals surface area (Å²) in [5, 5.41) is 5.55. The van der Waals surface area contributed by atoms with Gasteiger partial charge in [0.1, 0.15) is 22.7 Å². The average Bonchev–Trinajstić information content (AvgIpc) is 3.56. The normalized spacial score (nSPS) is 21.9. The number of halogens is 1. The fourth-order valence-corrected chi connectivity index (χ4v) is 9.13. The lowest BCUT2D eigenvalue weighted by molar-refractivity contribution is -0.139. The number of benzene rings is 2. The van der Waals surface area contributed by atoms with Crippen molar-refractivity contribution in [3.63, 3.8) is 0 Å². The van der Waals surface area contributed by atoms with Crippen molar-refractivity contribution in [1.82, 2.24) is 29.6 Å². The maximum absolute atomic E-state index is 14.7. The number of nitrogens with zero attached hydrogens (tertiary/aromatic N) is 6. The molecule has 10 nitrogen and oxygen atoms in total. The van der Waals surface area contributed by atoms with Crippen LogP contribution in [0.15, 0.2) is 65.5 Å². The molecule has 5 aromatic rings. The van der Waals surface area contributed by atoms with E-state index >= 15 is 0 Å². The highest BCUT2D eigenvalue weighted by atomic mass is 79.9. The van der Waals surface area contributed by atoms with E-state index in [2.05, 4.69) is 61.2 Å². The third-order valence-corrected chi connectivity index (χ3v) is 12.2. The van der Waals surface area contributed by atoms with Crippen LogP contribution in [0.5, 0.6) is 0 Å². The van der Waals surface area contributed by atoms with Gasteiger partial charge in [0, 0.05) is 41.7 Å². The molecule has 8 rings (SSSR count). The first kappa shape index (κ1) is 37.3. The van der Waals surface area contributed by atoms with Crippen LogP contribution in [0.1, 0.15) is 96.1 Å². The summed E-state index contributed by atoms with van der Waals surface area (Å²) in [7, 11) is 0. The van der Waals surface area contributed by atoms with Crippen molar-refractivity contribution in [2.45, 2.75) is 110 Å². The molecule has 2 aliphatic heterocycles. The molecular weight excluding hydrogens is 756 g/mol. The highest BCUT2D eigenvalue weighted by molar-refractivity contribution is 9.10. The predicted octanol–water partition coefficient (Wildman–Crippen LogP) is 7.91. The van der Waals surface area contributed by atoms with E-state index in [9.17, 15) is 14.4 Å². The Morgan fingerprint density at radius 1 is 0.927 bits per heavy atom. The molecule has 1 aliphatic carbocycles. The van der Waals surface area contributed by atoms with Gasteiger partial charge in [-0.15, -0.1) is 0 Å². The van der Waals surface area contributed by atoms with Crippen molar-refractivity contribution in [3.05, 3.63) is 105 Å². The van der Waals surface area contributed by atoms with Gasteiger partial charge in [-0.3, -0.25) is 19.1 Å². The Balaban J connectivity index is 1.17. The summed E-state index contributed by atoms with van der Waals surface area (Å²) in [6.07, 6.45) is 12.3. The summed E-state index contributed by atoms with van der Waals surface area (Å²) in [6, 6.07) is 15.9. The minimum atomic E-state index is -0.613. The van der Waals surface area contributed by atoms with Crippen molar-refractivity contribution in [3.8, 4) is 11.1 Å². The SMILES string of the molecule is CC(=O)c1nn2c3c(cc(-c4cnc(C)nc4)cc13)CCCCCCCc1cccc(c1)COC[C@@]13C[C@@H](C(=O)Cc4nc(Br)ccc4C)N(C(=O)C2)[C@@H]1C3. The molecule has 1 saturated heterocycles. The maximum atomic E-state index is 14.7. The second kappa shape index (κ2) is 15.5. The zero-order valence-corrected chi connectivity index (χ0v) is 33.4. The van der Waals surface area contributed by atoms with Crippen molar-refractivity contribution in [2.75, 3.05) is 6.61 Å². The van der Waals surface area contributed by atoms with Crippen LogP contribution in [-0.2, 0) is 46.7 Å². The van der Waals surface area contributed by atoms with E-state index in [4.69, 9.17) is 9.84 Å². The number of aromatic nitrogens is 5. The molecule has 11 heteroatoms. The second-order valence-electron chi connectivity index (χ2n) is 15.8. The molecule has 2 aromatic carbocycles. The number of carbonyl (C=O) groups excluding carboxylic acids is 3. The molecule has 5 heterocycles. The van der Waals surface area contributed by atoms with Crippen LogP contribution < -0.4 is 0 Å². The Bertz CT molecular complexity index is 2290. The van der Waals surface area contributed by atoms with Crippen LogP contribution in [-0.4, -0.2) is 65.8 Å². The first-order valence-electron chi connectivity index (χ1n) is 19.5. The number of hydrogen-bond donors (Lipinski definition) is 0. The van der Waals surface area contributed by atoms with E-state index in [1.165, 1.54) is 12.5 Å². The monoisotopic (exact) mass is 802 g/mol. The highest BCUT2D eigenvalue weighted by Crippen LogP contribution is 2.60. The van der Waals surface area contributed by atoms with Crippen molar-refractivity contribution in [2.24, 2.45) is 5.41 Å². The lowest BCUT2D eigenvalue weighted by Crippen LogP contribution is -2.45. The summed E-state index contributed by atoms with van der Waals surface area (Å²) in [6.45, 7) is 6.21. The van der Waals surface area contributed by atoms with Gasteiger partial charge in [0.05, 0.1) is 36.9 Å². The maximum Gasteiger partial charge on any atom is 0.245 e. The number of pyridine rings is 1. The number of amides is 1. The first-order chi connectivity index (χ1) is 26.6. The smallest absolute Gasteiger partial charge is 0.245 e. The highest BCUT2D eigenvalue weighted by Gasteiger charge is 2.67. The Morgan fingerprint density at radius 3 is 2.49 bits per heavy atom. The van der Waals surface area contributed by atoms with Gasteiger partial charge >= 0.3 is 0 Å². The molecule has 284 valence electrons. The molecule has 3 aromatic heterocycles. The summed E-state index contributed by atoms with van der Waals surface area (Å²) >= 11 is 3.46. The molecule has 3 atom stereocenters. The van der Waals surface area contributed by atoms with Gasteiger partial charge in [-0.2, -0.15) is 5.10 Å². The quantitative estimate of drug-likeness (QED) is 0.130. The van der Waals surface area contributed by atoms with Crippen LogP contribution >= 0.6 is 15.9 Å². The van der Waals surface area contributed by atoms with Gasteiger partial charge in [0.2, 0.25) is 5.91 Å². The van der Waals surface area contributed by atoms with Gasteiger partial charge in [0.25, 0.3) is 0 Å². The molecule has 0 spiro atoms. The van der Waals surface area contributed by atoms with Crippen LogP contribution in [0.3, 0.4) is 0 Å². The van der Waals surface area contributed by atoms with E-state index in [1.54, 1.807) is 4.68 Å². The zero-order valence-electron chi connectivity index (χ0n) is 31.8. The van der Waals surface area contributed by atoms with E-state index < -0.39 is 6.04 Å². The Hall–Kier alpha value is -4.61. The van der Waals surface area contributed by atoms with Gasteiger partial charge < -0.3 is 9.64 Å². The fourth-order valence-electron chi connectivity index (χ4n) is 8.79. The summed E-state index contributed by atoms with van der Waals surface area (Å²) in [4.78, 5) is 57.5. The Labute approximate surface area is 330 Å². The molecule has 0 N–H and O–H groups in total. The number of ketones is 2. The second-order valence-corrected chi connectivity index (χ2v) is 16.6. The zero-order chi connectivity index (χ0) is 38.3. The molecule has 1 saturated carbocycles. The third kappa shape index (κ3) is 7.78. The number of aryl methyl sites for hydroxylation is 4. The van der Waals surface area contributed by atoms with Crippen molar-refractivity contribution in [1.29, 1.82) is 0 Å². The summed E-state index contributed by atoms with van der Waals surface area (Å²) < 4.78 is 8.79. The largest absolute Gasteiger partial charge is 0.376 e. The molecule has 0 unspecified atom stereocenters. The molecule has 3 aliphatic rings. The lowest BCUT2D eigenvalue weighted by atomic mass is 9.95. The lowest BCUT2D eigenvalue weighted by Gasteiger charge is -2.27. The van der Waals surface area contributed by atoms with E-state index in [-0.39, 0.29) is 41.9 Å². The molecule has 1 amide bonds. The number of ether oxygens (including phenoxy) is 1. The van der Waals surface area contributed by atoms with Crippen LogP contribution in [0.2, 0.25) is 0 Å². The number of fused-ring (bicyclic) bond motifs is 2. The van der Waals surface area contributed by atoms with Gasteiger partial charge in [0.15, 0.2) is 11.6 Å². The topological polar surface area (TPSA) is 120 Å². The van der Waals surface area contributed by atoms with Crippen LogP contribution in [0.4, 0.5) is 0 Å². The molecule has 2 fully saturated rings. The third-order valence-electron chi connectivity index (χ3n) is 11.8. The number of piperidine rings is 1. The van der Waals surface area contributed by atoms with E-state index in [0.717, 1.165) is 84.7 Å². The molecule has 0 radical (unpaired) electrons. The van der Waals surface area contributed by atoms with Crippen LogP contribution in [0, 0.1) is 19.3 Å². The number of rotatable bonds is 5. The van der Waals surface area contributed by atoms with E-state index in [0.29, 0.717) is 46.8 Å². The minimum absolute atomic E-state index is 0.0313. The number of carbonyl (C=O) groups is 3. The van der Waals surface area contributed by atoms with Crippen LogP contribution in [0.25, 0.3) is 22.0 Å².